The lowest BCUT2D eigenvalue weighted by Crippen LogP contribution is -2.47. The van der Waals surface area contributed by atoms with Crippen LogP contribution in [0.5, 0.6) is 5.75 Å². The summed E-state index contributed by atoms with van der Waals surface area (Å²) in [7, 11) is 3.42. The van der Waals surface area contributed by atoms with Crippen molar-refractivity contribution in [3.63, 3.8) is 0 Å². The number of aliphatic hydroxyl groups is 1. The van der Waals surface area contributed by atoms with Gasteiger partial charge in [0.15, 0.2) is 0 Å². The van der Waals surface area contributed by atoms with Crippen molar-refractivity contribution in [3.8, 4) is 5.75 Å². The molecule has 0 bridgehead atoms. The number of fused-ring (bicyclic) bond motifs is 2. The van der Waals surface area contributed by atoms with Gasteiger partial charge in [0.05, 0.1) is 31.6 Å². The number of halogens is 1. The number of aryl methyl sites for hydroxylation is 1. The Hall–Kier alpha value is -3.65. The molecule has 8 heteroatoms. The van der Waals surface area contributed by atoms with Crippen molar-refractivity contribution in [1.29, 1.82) is 5.41 Å². The van der Waals surface area contributed by atoms with Gasteiger partial charge in [-0.15, -0.1) is 0 Å². The Morgan fingerprint density at radius 1 is 1.15 bits per heavy atom. The number of carbonyl (C=O) groups is 1. The van der Waals surface area contributed by atoms with Crippen LogP contribution in [0.1, 0.15) is 65.9 Å². The first-order chi connectivity index (χ1) is 19.7. The van der Waals surface area contributed by atoms with E-state index in [0.29, 0.717) is 47.1 Å². The normalized spacial score (nSPS) is 26.2. The number of rotatable bonds is 10. The number of allylic oxidation sites excluding steroid dienone is 1. The van der Waals surface area contributed by atoms with Crippen LogP contribution in [0.2, 0.25) is 0 Å². The Morgan fingerprint density at radius 2 is 1.93 bits per heavy atom. The molecule has 216 valence electrons. The molecule has 0 saturated heterocycles. The number of benzene rings is 2. The topological polar surface area (TPSA) is 105 Å². The van der Waals surface area contributed by atoms with E-state index in [0.717, 1.165) is 36.6 Å². The van der Waals surface area contributed by atoms with Gasteiger partial charge in [0.1, 0.15) is 17.2 Å². The average Bonchev–Trinajstić information content (AvgIpc) is 3.75. The van der Waals surface area contributed by atoms with Gasteiger partial charge in [0.2, 0.25) is 0 Å². The van der Waals surface area contributed by atoms with Gasteiger partial charge in [0.25, 0.3) is 0 Å². The summed E-state index contributed by atoms with van der Waals surface area (Å²) in [5.41, 5.74) is 2.10. The van der Waals surface area contributed by atoms with Crippen molar-refractivity contribution in [3.05, 3.63) is 76.7 Å². The Balaban J connectivity index is 1.09. The summed E-state index contributed by atoms with van der Waals surface area (Å²) in [5.74, 6) is 0.867. The van der Waals surface area contributed by atoms with Gasteiger partial charge < -0.3 is 24.3 Å². The number of carboxylic acids is 1. The van der Waals surface area contributed by atoms with Crippen molar-refractivity contribution < 1.29 is 28.9 Å². The van der Waals surface area contributed by atoms with Gasteiger partial charge in [-0.2, -0.15) is 0 Å². The number of alkyl halides is 1. The number of para-hydroxylation sites is 1. The number of ether oxygens (including phenoxy) is 2. The monoisotopic (exact) mass is 560 g/mol. The quantitative estimate of drug-likeness (QED) is 0.187. The van der Waals surface area contributed by atoms with E-state index >= 15 is 4.39 Å². The maximum Gasteiger partial charge on any atom is 0.337 e. The number of methoxy groups -OCH3 is 1. The summed E-state index contributed by atoms with van der Waals surface area (Å²) in [6, 6.07) is 13.3. The van der Waals surface area contributed by atoms with E-state index < -0.39 is 11.6 Å². The first kappa shape index (κ1) is 27.5. The second-order valence-electron chi connectivity index (χ2n) is 12.1. The van der Waals surface area contributed by atoms with Crippen LogP contribution < -0.4 is 4.74 Å². The minimum Gasteiger partial charge on any atom is -0.512 e. The fourth-order valence-corrected chi connectivity index (χ4v) is 7.02. The molecule has 0 aliphatic heterocycles. The number of aromatic carboxylic acids is 1. The molecule has 2 aromatic carbocycles. The molecule has 3 saturated carbocycles. The molecule has 4 unspecified atom stereocenters. The first-order valence-electron chi connectivity index (χ1n) is 14.4. The van der Waals surface area contributed by atoms with E-state index in [9.17, 15) is 15.0 Å². The van der Waals surface area contributed by atoms with E-state index in [1.807, 2.05) is 35.9 Å². The predicted octanol–water partition coefficient (Wildman–Crippen LogP) is 6.80. The van der Waals surface area contributed by atoms with Crippen LogP contribution >= 0.6 is 0 Å². The zero-order valence-electron chi connectivity index (χ0n) is 23.5. The van der Waals surface area contributed by atoms with Crippen molar-refractivity contribution in [2.45, 2.75) is 50.1 Å². The molecule has 1 aromatic heterocycles. The predicted molar refractivity (Wildman–Crippen MR) is 155 cm³/mol. The fraction of sp³-hybridized carbons (Fsp3) is 0.455. The molecule has 3 aliphatic carbocycles. The van der Waals surface area contributed by atoms with E-state index in [-0.39, 0.29) is 36.5 Å². The first-order valence-corrected chi connectivity index (χ1v) is 14.4. The summed E-state index contributed by atoms with van der Waals surface area (Å²) in [6.45, 7) is -0.0779. The largest absolute Gasteiger partial charge is 0.512 e. The highest BCUT2D eigenvalue weighted by Gasteiger charge is 2.50. The van der Waals surface area contributed by atoms with E-state index in [1.165, 1.54) is 5.56 Å². The van der Waals surface area contributed by atoms with Crippen LogP contribution in [0, 0.1) is 23.2 Å². The van der Waals surface area contributed by atoms with Crippen LogP contribution in [0.15, 0.2) is 60.0 Å². The maximum absolute atomic E-state index is 16.0. The van der Waals surface area contributed by atoms with Gasteiger partial charge in [0, 0.05) is 41.2 Å². The average molecular weight is 561 g/mol. The fourth-order valence-electron chi connectivity index (χ4n) is 7.02. The zero-order chi connectivity index (χ0) is 28.9. The number of carboxylic acid groups (broad SMARTS) is 1. The van der Waals surface area contributed by atoms with Crippen molar-refractivity contribution in [1.82, 2.24) is 4.57 Å². The van der Waals surface area contributed by atoms with Crippen molar-refractivity contribution >= 4 is 22.6 Å². The molecule has 7 nitrogen and oxygen atoms in total. The number of aliphatic hydroxyl groups excluding tert-OH is 1. The van der Waals surface area contributed by atoms with Crippen LogP contribution in [-0.4, -0.2) is 52.5 Å². The molecular weight excluding hydrogens is 523 g/mol. The minimum absolute atomic E-state index is 0.0172. The number of hydrogen-bond acceptors (Lipinski definition) is 5. The highest BCUT2D eigenvalue weighted by Crippen LogP contribution is 2.57. The number of aromatic nitrogens is 1. The minimum atomic E-state index is -1.43. The summed E-state index contributed by atoms with van der Waals surface area (Å²) < 4.78 is 29.2. The van der Waals surface area contributed by atoms with E-state index in [1.54, 1.807) is 25.4 Å². The number of nitrogens with zero attached hydrogens (tertiary/aromatic N) is 1. The highest BCUT2D eigenvalue weighted by molar-refractivity contribution is 6.12. The lowest BCUT2D eigenvalue weighted by atomic mass is 9.54. The SMILES string of the molecule is COc1ccccc1C(=N)/C(COCC1(F)CCC2C(CC2c2ccc3c(C(=O)O)cn(C)c3c2)C1)=C(\O)C1CC1. The molecule has 3 N–H and O–H groups in total. The molecular formula is C33H37FN2O5. The zero-order valence-corrected chi connectivity index (χ0v) is 23.5. The molecule has 3 fully saturated rings. The third-order valence-electron chi connectivity index (χ3n) is 9.46. The number of nitrogens with one attached hydrogen (secondary N) is 1. The standard InChI is InChI=1S/C33H37FN2O5/c1-36-16-26(32(38)39)23-10-9-20(14-28(23)36)25-13-21-15-33(34,12-11-22(21)25)18-41-17-27(31(37)19-7-8-19)30(35)24-5-3-4-6-29(24)40-2/h3-6,9-10,14,16,19,21-22,25,35,37H,7-8,11-13,15,17-18H2,1-2H3,(H,38,39)/b31-27-,35-30?. The smallest absolute Gasteiger partial charge is 0.337 e. The lowest BCUT2D eigenvalue weighted by molar-refractivity contribution is -0.0644. The van der Waals surface area contributed by atoms with Crippen LogP contribution in [0.3, 0.4) is 0 Å². The Labute approximate surface area is 239 Å². The summed E-state index contributed by atoms with van der Waals surface area (Å²) in [5, 5.41) is 29.9. The van der Waals surface area contributed by atoms with Crippen LogP contribution in [0.25, 0.3) is 10.9 Å². The second kappa shape index (κ2) is 10.6. The summed E-state index contributed by atoms with van der Waals surface area (Å²) >= 11 is 0. The highest BCUT2D eigenvalue weighted by atomic mass is 19.1. The Kier molecular flexibility index (Phi) is 7.14. The molecule has 0 radical (unpaired) electrons. The molecule has 4 atom stereocenters. The van der Waals surface area contributed by atoms with Gasteiger partial charge in [-0.05, 0) is 80.0 Å². The van der Waals surface area contributed by atoms with Gasteiger partial charge in [-0.1, -0.05) is 24.3 Å². The lowest BCUT2D eigenvalue weighted by Gasteiger charge is -2.52. The molecule has 6 rings (SSSR count). The molecule has 0 amide bonds. The van der Waals surface area contributed by atoms with Crippen LogP contribution in [-0.2, 0) is 11.8 Å². The number of hydrogen-bond donors (Lipinski definition) is 3. The van der Waals surface area contributed by atoms with Gasteiger partial charge >= 0.3 is 5.97 Å². The van der Waals surface area contributed by atoms with Gasteiger partial charge in [-0.3, -0.25) is 5.41 Å². The molecule has 0 spiro atoms. The third kappa shape index (κ3) is 5.14. The van der Waals surface area contributed by atoms with Crippen molar-refractivity contribution in [2.24, 2.45) is 24.8 Å². The maximum atomic E-state index is 16.0. The van der Waals surface area contributed by atoms with Crippen molar-refractivity contribution in [2.75, 3.05) is 20.3 Å². The van der Waals surface area contributed by atoms with Gasteiger partial charge in [-0.25, -0.2) is 9.18 Å². The Morgan fingerprint density at radius 3 is 2.63 bits per heavy atom. The molecule has 41 heavy (non-hydrogen) atoms. The van der Waals surface area contributed by atoms with E-state index in [2.05, 4.69) is 6.07 Å². The molecule has 3 aromatic rings. The molecule has 3 aliphatic rings. The summed E-state index contributed by atoms with van der Waals surface area (Å²) in [4.78, 5) is 11.6. The van der Waals surface area contributed by atoms with E-state index in [4.69, 9.17) is 14.9 Å². The summed E-state index contributed by atoms with van der Waals surface area (Å²) in [6.07, 6.45) is 5.95. The molecule has 1 heterocycles. The Bertz CT molecular complexity index is 1540. The third-order valence-corrected chi connectivity index (χ3v) is 9.46. The second-order valence-corrected chi connectivity index (χ2v) is 12.1. The van der Waals surface area contributed by atoms with Crippen LogP contribution in [0.4, 0.5) is 4.39 Å².